The summed E-state index contributed by atoms with van der Waals surface area (Å²) in [5.41, 5.74) is 5.71. The van der Waals surface area contributed by atoms with Crippen molar-refractivity contribution in [3.05, 3.63) is 16.1 Å². The Bertz CT molecular complexity index is 391. The molecule has 0 fully saturated rings. The van der Waals surface area contributed by atoms with E-state index in [4.69, 9.17) is 5.73 Å². The number of primary amides is 1. The Labute approximate surface area is 97.2 Å². The number of hydrogen-bond acceptors (Lipinski definition) is 5. The van der Waals surface area contributed by atoms with Crippen LogP contribution in [0.15, 0.2) is 5.38 Å². The molecule has 3 amide bonds. The fraction of sp³-hybridized carbons (Fsp3) is 0.444. The maximum absolute atomic E-state index is 11.3. The summed E-state index contributed by atoms with van der Waals surface area (Å²) in [6.07, 6.45) is 0. The highest BCUT2D eigenvalue weighted by Crippen LogP contribution is 2.07. The van der Waals surface area contributed by atoms with Crippen molar-refractivity contribution in [2.75, 3.05) is 0 Å². The molecule has 88 valence electrons. The van der Waals surface area contributed by atoms with Crippen molar-refractivity contribution in [2.45, 2.75) is 26.4 Å². The van der Waals surface area contributed by atoms with Gasteiger partial charge in [-0.05, 0) is 13.8 Å². The smallest absolute Gasteiger partial charge is 0.318 e. The monoisotopic (exact) mass is 242 g/mol. The van der Waals surface area contributed by atoms with Crippen molar-refractivity contribution in [1.82, 2.24) is 15.6 Å². The second-order valence-electron chi connectivity index (χ2n) is 3.31. The number of nitrogens with one attached hydrogen (secondary N) is 2. The van der Waals surface area contributed by atoms with Gasteiger partial charge in [0.05, 0.1) is 16.7 Å². The lowest BCUT2D eigenvalue weighted by molar-refractivity contribution is -0.121. The highest BCUT2D eigenvalue weighted by molar-refractivity contribution is 7.09. The van der Waals surface area contributed by atoms with Gasteiger partial charge >= 0.3 is 6.03 Å². The highest BCUT2D eigenvalue weighted by atomic mass is 32.1. The van der Waals surface area contributed by atoms with E-state index in [9.17, 15) is 9.59 Å². The molecule has 1 atom stereocenters. The Morgan fingerprint density at radius 2 is 2.31 bits per heavy atom. The summed E-state index contributed by atoms with van der Waals surface area (Å²) in [6, 6.07) is -1.34. The number of nitrogens with two attached hydrogens (primary N) is 1. The molecule has 0 aliphatic rings. The van der Waals surface area contributed by atoms with Crippen molar-refractivity contribution < 1.29 is 9.59 Å². The molecule has 4 N–H and O–H groups in total. The largest absolute Gasteiger partial charge is 0.351 e. The van der Waals surface area contributed by atoms with Gasteiger partial charge in [0.15, 0.2) is 0 Å². The Morgan fingerprint density at radius 1 is 1.62 bits per heavy atom. The topological polar surface area (TPSA) is 97.1 Å². The third-order valence-corrected chi connectivity index (χ3v) is 2.72. The minimum absolute atomic E-state index is 0.445. The molecule has 1 rings (SSSR count). The van der Waals surface area contributed by atoms with Crippen LogP contribution in [0.2, 0.25) is 0 Å². The Balaban J connectivity index is 2.37. The predicted octanol–water partition coefficient (Wildman–Crippen LogP) is 0.125. The molecule has 7 heteroatoms. The fourth-order valence-electron chi connectivity index (χ4n) is 1.07. The van der Waals surface area contributed by atoms with Gasteiger partial charge in [0.2, 0.25) is 5.91 Å². The van der Waals surface area contributed by atoms with E-state index in [0.717, 1.165) is 10.7 Å². The molecule has 0 bridgehead atoms. The third-order valence-electron chi connectivity index (χ3n) is 1.90. The van der Waals surface area contributed by atoms with Crippen LogP contribution in [0.4, 0.5) is 4.79 Å². The molecular formula is C9H14N4O2S. The van der Waals surface area contributed by atoms with Crippen LogP contribution in [0.5, 0.6) is 0 Å². The zero-order valence-electron chi connectivity index (χ0n) is 9.11. The van der Waals surface area contributed by atoms with E-state index in [2.05, 4.69) is 10.3 Å². The van der Waals surface area contributed by atoms with E-state index >= 15 is 0 Å². The summed E-state index contributed by atoms with van der Waals surface area (Å²) >= 11 is 1.55. The minimum Gasteiger partial charge on any atom is -0.351 e. The molecule has 16 heavy (non-hydrogen) atoms. The van der Waals surface area contributed by atoms with Crippen LogP contribution in [-0.2, 0) is 11.3 Å². The first-order chi connectivity index (χ1) is 7.49. The van der Waals surface area contributed by atoms with Gasteiger partial charge in [-0.2, -0.15) is 0 Å². The van der Waals surface area contributed by atoms with Gasteiger partial charge in [0.25, 0.3) is 0 Å². The standard InChI is InChI=1S/C9H14N4O2S/c1-5(8(14)13-9(10)15)11-3-7-4-16-6(2)12-7/h4-5,11H,3H2,1-2H3,(H3,10,13,14,15). The van der Waals surface area contributed by atoms with Crippen molar-refractivity contribution in [3.8, 4) is 0 Å². The third kappa shape index (κ3) is 3.95. The van der Waals surface area contributed by atoms with E-state index < -0.39 is 18.0 Å². The molecular weight excluding hydrogens is 228 g/mol. The SMILES string of the molecule is Cc1nc(CNC(C)C(=O)NC(N)=O)cs1. The molecule has 1 heterocycles. The van der Waals surface area contributed by atoms with Gasteiger partial charge in [0.1, 0.15) is 0 Å². The van der Waals surface area contributed by atoms with Crippen LogP contribution in [0.25, 0.3) is 0 Å². The average Bonchev–Trinajstić information content (AvgIpc) is 2.59. The normalized spacial score (nSPS) is 12.1. The van der Waals surface area contributed by atoms with Crippen LogP contribution >= 0.6 is 11.3 Å². The van der Waals surface area contributed by atoms with E-state index in [-0.39, 0.29) is 0 Å². The van der Waals surface area contributed by atoms with Crippen LogP contribution in [-0.4, -0.2) is 23.0 Å². The number of thiazole rings is 1. The van der Waals surface area contributed by atoms with Crippen LogP contribution in [0.1, 0.15) is 17.6 Å². The first kappa shape index (κ1) is 12.6. The average molecular weight is 242 g/mol. The molecule has 0 aromatic carbocycles. The summed E-state index contributed by atoms with van der Waals surface area (Å²) in [7, 11) is 0. The Kier molecular flexibility index (Phi) is 4.39. The fourth-order valence-corrected chi connectivity index (χ4v) is 1.68. The Morgan fingerprint density at radius 3 is 2.81 bits per heavy atom. The minimum atomic E-state index is -0.844. The van der Waals surface area contributed by atoms with Crippen molar-refractivity contribution in [2.24, 2.45) is 5.73 Å². The molecule has 0 saturated heterocycles. The number of urea groups is 1. The first-order valence-electron chi connectivity index (χ1n) is 4.73. The summed E-state index contributed by atoms with van der Waals surface area (Å²) < 4.78 is 0. The van der Waals surface area contributed by atoms with Gasteiger partial charge in [-0.15, -0.1) is 11.3 Å². The van der Waals surface area contributed by atoms with Crippen molar-refractivity contribution >= 4 is 23.3 Å². The molecule has 0 aliphatic carbocycles. The molecule has 1 unspecified atom stereocenters. The molecule has 6 nitrogen and oxygen atoms in total. The summed E-state index contributed by atoms with van der Waals surface area (Å²) in [6.45, 7) is 4.05. The molecule has 1 aromatic rings. The highest BCUT2D eigenvalue weighted by Gasteiger charge is 2.13. The number of amides is 3. The number of aromatic nitrogens is 1. The van der Waals surface area contributed by atoms with Gasteiger partial charge in [0, 0.05) is 11.9 Å². The summed E-state index contributed by atoms with van der Waals surface area (Å²) in [4.78, 5) is 26.0. The van der Waals surface area contributed by atoms with Gasteiger partial charge in [-0.1, -0.05) is 0 Å². The summed E-state index contributed by atoms with van der Waals surface area (Å²) in [5.74, 6) is -0.445. The van der Waals surface area contributed by atoms with Crippen molar-refractivity contribution in [3.63, 3.8) is 0 Å². The molecule has 0 radical (unpaired) electrons. The molecule has 0 aliphatic heterocycles. The van der Waals surface area contributed by atoms with E-state index in [1.54, 1.807) is 18.3 Å². The zero-order valence-corrected chi connectivity index (χ0v) is 9.93. The van der Waals surface area contributed by atoms with Crippen LogP contribution < -0.4 is 16.4 Å². The van der Waals surface area contributed by atoms with Gasteiger partial charge in [-0.25, -0.2) is 9.78 Å². The number of aryl methyl sites for hydroxylation is 1. The number of carbonyl (C=O) groups is 2. The van der Waals surface area contributed by atoms with Crippen molar-refractivity contribution in [1.29, 1.82) is 0 Å². The molecule has 1 aromatic heterocycles. The van der Waals surface area contributed by atoms with Crippen LogP contribution in [0.3, 0.4) is 0 Å². The quantitative estimate of drug-likeness (QED) is 0.698. The second kappa shape index (κ2) is 5.57. The zero-order chi connectivity index (χ0) is 12.1. The number of imide groups is 1. The first-order valence-corrected chi connectivity index (χ1v) is 5.61. The number of nitrogens with zero attached hydrogens (tertiary/aromatic N) is 1. The lowest BCUT2D eigenvalue weighted by atomic mass is 10.3. The predicted molar refractivity (Wildman–Crippen MR) is 60.9 cm³/mol. The van der Waals surface area contributed by atoms with Gasteiger partial charge in [-0.3, -0.25) is 10.1 Å². The van der Waals surface area contributed by atoms with Crippen LogP contribution in [0, 0.1) is 6.92 Å². The summed E-state index contributed by atoms with van der Waals surface area (Å²) in [5, 5.41) is 7.84. The molecule has 0 saturated carbocycles. The number of carbonyl (C=O) groups excluding carboxylic acids is 2. The maximum atomic E-state index is 11.3. The number of hydrogen-bond donors (Lipinski definition) is 3. The second-order valence-corrected chi connectivity index (χ2v) is 4.38. The van der Waals surface area contributed by atoms with Gasteiger partial charge < -0.3 is 11.1 Å². The van der Waals surface area contributed by atoms with E-state index in [0.29, 0.717) is 6.54 Å². The molecule has 0 spiro atoms. The lowest BCUT2D eigenvalue weighted by Gasteiger charge is -2.11. The maximum Gasteiger partial charge on any atom is 0.318 e. The Hall–Kier alpha value is -1.47. The lowest BCUT2D eigenvalue weighted by Crippen LogP contribution is -2.46. The van der Waals surface area contributed by atoms with E-state index in [1.165, 1.54) is 0 Å². The number of rotatable bonds is 4. The van der Waals surface area contributed by atoms with E-state index in [1.807, 2.05) is 17.6 Å².